The van der Waals surface area contributed by atoms with Crippen LogP contribution in [0.15, 0.2) is 24.3 Å². The third-order valence-corrected chi connectivity index (χ3v) is 6.76. The van der Waals surface area contributed by atoms with Crippen LogP contribution in [0.5, 0.6) is 5.75 Å². The van der Waals surface area contributed by atoms with Crippen molar-refractivity contribution in [3.05, 3.63) is 52.2 Å². The van der Waals surface area contributed by atoms with Gasteiger partial charge in [-0.25, -0.2) is 9.78 Å². The molecule has 1 atom stereocenters. The number of methoxy groups -OCH3 is 1. The number of aryl methyl sites for hydroxylation is 1. The molecule has 1 amide bonds. The Morgan fingerprint density at radius 1 is 1.25 bits per heavy atom. The van der Waals surface area contributed by atoms with Crippen LogP contribution in [0.2, 0.25) is 0 Å². The number of aromatic carboxylic acids is 1. The Bertz CT molecular complexity index is 1190. The molecule has 0 unspecified atom stereocenters. The number of nitriles is 1. The van der Waals surface area contributed by atoms with Crippen molar-refractivity contribution in [2.75, 3.05) is 38.3 Å². The third-order valence-electron chi connectivity index (χ3n) is 6.76. The summed E-state index contributed by atoms with van der Waals surface area (Å²) in [5.74, 6) is 0.663. The summed E-state index contributed by atoms with van der Waals surface area (Å²) in [4.78, 5) is 32.7. The van der Waals surface area contributed by atoms with Crippen molar-refractivity contribution in [2.24, 2.45) is 0 Å². The maximum atomic E-state index is 12.5. The zero-order valence-corrected chi connectivity index (χ0v) is 21.0. The van der Waals surface area contributed by atoms with E-state index in [2.05, 4.69) is 11.0 Å². The van der Waals surface area contributed by atoms with E-state index in [0.29, 0.717) is 61.3 Å². The minimum absolute atomic E-state index is 0.00577. The fourth-order valence-corrected chi connectivity index (χ4v) is 4.66. The van der Waals surface area contributed by atoms with E-state index in [-0.39, 0.29) is 24.1 Å². The van der Waals surface area contributed by atoms with E-state index in [9.17, 15) is 20.0 Å². The van der Waals surface area contributed by atoms with Gasteiger partial charge in [0.2, 0.25) is 5.91 Å². The van der Waals surface area contributed by atoms with Crippen LogP contribution in [0, 0.1) is 18.3 Å². The molecular formula is C27H32N4O5. The lowest BCUT2D eigenvalue weighted by atomic mass is 10.1. The Kier molecular flexibility index (Phi) is 7.75. The Balaban J connectivity index is 1.52. The molecule has 36 heavy (non-hydrogen) atoms. The highest BCUT2D eigenvalue weighted by atomic mass is 16.5. The molecule has 0 bridgehead atoms. The van der Waals surface area contributed by atoms with Gasteiger partial charge in [-0.05, 0) is 43.9 Å². The summed E-state index contributed by atoms with van der Waals surface area (Å²) >= 11 is 0. The van der Waals surface area contributed by atoms with Gasteiger partial charge in [-0.2, -0.15) is 5.26 Å². The number of carboxylic acids is 1. The van der Waals surface area contributed by atoms with Crippen LogP contribution in [0.25, 0.3) is 0 Å². The van der Waals surface area contributed by atoms with Gasteiger partial charge in [0.15, 0.2) is 0 Å². The highest BCUT2D eigenvalue weighted by Gasteiger charge is 2.33. The van der Waals surface area contributed by atoms with Crippen molar-refractivity contribution in [1.82, 2.24) is 9.88 Å². The van der Waals surface area contributed by atoms with Crippen LogP contribution >= 0.6 is 0 Å². The number of pyridine rings is 1. The zero-order valence-electron chi connectivity index (χ0n) is 21.0. The Hall–Kier alpha value is -3.64. The predicted octanol–water partition coefficient (Wildman–Crippen LogP) is 3.49. The van der Waals surface area contributed by atoms with Crippen molar-refractivity contribution < 1.29 is 24.2 Å². The maximum absolute atomic E-state index is 12.5. The molecule has 190 valence electrons. The van der Waals surface area contributed by atoms with Gasteiger partial charge in [0.25, 0.3) is 0 Å². The van der Waals surface area contributed by atoms with E-state index in [1.165, 1.54) is 0 Å². The molecule has 9 nitrogen and oxygen atoms in total. The molecule has 4 rings (SSSR count). The number of nitrogens with zero attached hydrogens (tertiary/aromatic N) is 4. The smallest absolute Gasteiger partial charge is 0.335 e. The van der Waals surface area contributed by atoms with Crippen LogP contribution < -0.4 is 9.64 Å². The van der Waals surface area contributed by atoms with E-state index in [0.717, 1.165) is 24.1 Å². The van der Waals surface area contributed by atoms with E-state index < -0.39 is 5.97 Å². The first-order chi connectivity index (χ1) is 17.3. The van der Waals surface area contributed by atoms with Gasteiger partial charge in [0.1, 0.15) is 24.2 Å². The first kappa shape index (κ1) is 25.5. The molecule has 1 aromatic carbocycles. The topological polar surface area (TPSA) is 116 Å². The lowest BCUT2D eigenvalue weighted by Gasteiger charge is -2.40. The second-order valence-electron chi connectivity index (χ2n) is 9.50. The van der Waals surface area contributed by atoms with E-state index >= 15 is 0 Å². The number of carboxylic acid groups (broad SMARTS) is 1. The maximum Gasteiger partial charge on any atom is 0.335 e. The van der Waals surface area contributed by atoms with E-state index in [1.54, 1.807) is 32.2 Å². The summed E-state index contributed by atoms with van der Waals surface area (Å²) in [7, 11) is 1.59. The monoisotopic (exact) mass is 492 g/mol. The first-order valence-corrected chi connectivity index (χ1v) is 12.3. The fourth-order valence-electron chi connectivity index (χ4n) is 4.66. The molecular weight excluding hydrogens is 460 g/mol. The molecule has 1 saturated heterocycles. The molecule has 2 heterocycles. The standard InChI is InChI=1S/C27H32N4O5/c1-17-12-19(4-7-22(17)27(33)34)16-36-23-13-21(14-28)26(29-25(23)20-5-6-20)30-9-10-31(18(2)15-30)24(32)8-11-35-3/h4,7,12-13,18,20H,5-6,8-11,15-16H2,1-3H3,(H,33,34)/t18-/m1/s1. The minimum Gasteiger partial charge on any atom is -0.487 e. The second-order valence-corrected chi connectivity index (χ2v) is 9.50. The number of piperazine rings is 1. The molecule has 2 aromatic rings. The fraction of sp³-hybridized carbons (Fsp3) is 0.481. The number of ether oxygens (including phenoxy) is 2. The number of rotatable bonds is 9. The summed E-state index contributed by atoms with van der Waals surface area (Å²) in [6.07, 6.45) is 2.41. The van der Waals surface area contributed by atoms with Crippen molar-refractivity contribution in [3.63, 3.8) is 0 Å². The Morgan fingerprint density at radius 2 is 2.03 bits per heavy atom. The summed E-state index contributed by atoms with van der Waals surface area (Å²) in [6.45, 7) is 6.20. The minimum atomic E-state index is -0.955. The van der Waals surface area contributed by atoms with Gasteiger partial charge in [-0.15, -0.1) is 0 Å². The van der Waals surface area contributed by atoms with Crippen LogP contribution in [0.1, 0.15) is 64.8 Å². The van der Waals surface area contributed by atoms with Gasteiger partial charge < -0.3 is 24.4 Å². The molecule has 1 saturated carbocycles. The SMILES string of the molecule is COCCC(=O)N1CCN(c2nc(C3CC3)c(OCc3ccc(C(=O)O)c(C)c3)cc2C#N)C[C@H]1C. The molecule has 1 N–H and O–H groups in total. The normalized spacial score (nSPS) is 17.6. The zero-order chi connectivity index (χ0) is 25.8. The largest absolute Gasteiger partial charge is 0.487 e. The molecule has 9 heteroatoms. The Morgan fingerprint density at radius 3 is 2.64 bits per heavy atom. The van der Waals surface area contributed by atoms with Gasteiger partial charge in [0, 0.05) is 44.8 Å². The molecule has 1 aromatic heterocycles. The number of benzene rings is 1. The van der Waals surface area contributed by atoms with E-state index in [1.807, 2.05) is 17.9 Å². The quantitative estimate of drug-likeness (QED) is 0.566. The molecule has 0 spiro atoms. The number of anilines is 1. The number of hydrogen-bond acceptors (Lipinski definition) is 7. The molecule has 0 radical (unpaired) electrons. The number of carbonyl (C=O) groups excluding carboxylic acids is 1. The van der Waals surface area contributed by atoms with Crippen molar-refractivity contribution in [3.8, 4) is 11.8 Å². The van der Waals surface area contributed by atoms with Gasteiger partial charge >= 0.3 is 5.97 Å². The summed E-state index contributed by atoms with van der Waals surface area (Å²) < 4.78 is 11.2. The average molecular weight is 493 g/mol. The van der Waals surface area contributed by atoms with Crippen LogP contribution in [0.3, 0.4) is 0 Å². The highest BCUT2D eigenvalue weighted by Crippen LogP contribution is 2.45. The van der Waals surface area contributed by atoms with Crippen molar-refractivity contribution in [2.45, 2.75) is 51.7 Å². The highest BCUT2D eigenvalue weighted by molar-refractivity contribution is 5.89. The number of hydrogen-bond donors (Lipinski definition) is 1. The first-order valence-electron chi connectivity index (χ1n) is 12.3. The summed E-state index contributed by atoms with van der Waals surface area (Å²) in [5.41, 5.74) is 3.09. The van der Waals surface area contributed by atoms with Crippen LogP contribution in [0.4, 0.5) is 5.82 Å². The average Bonchev–Trinajstić information content (AvgIpc) is 3.70. The molecule has 1 aliphatic carbocycles. The summed E-state index contributed by atoms with van der Waals surface area (Å²) in [5, 5.41) is 19.2. The predicted molar refractivity (Wildman–Crippen MR) is 133 cm³/mol. The summed E-state index contributed by atoms with van der Waals surface area (Å²) in [6, 6.07) is 9.18. The van der Waals surface area contributed by atoms with Crippen molar-refractivity contribution >= 4 is 17.7 Å². The van der Waals surface area contributed by atoms with Gasteiger partial charge in [-0.1, -0.05) is 12.1 Å². The van der Waals surface area contributed by atoms with Gasteiger partial charge in [0.05, 0.1) is 29.8 Å². The number of amides is 1. The van der Waals surface area contributed by atoms with Gasteiger partial charge in [-0.3, -0.25) is 4.79 Å². The lowest BCUT2D eigenvalue weighted by Crippen LogP contribution is -2.54. The number of carbonyl (C=O) groups is 2. The van der Waals surface area contributed by atoms with Crippen LogP contribution in [-0.4, -0.2) is 66.3 Å². The molecule has 2 aliphatic rings. The number of aromatic nitrogens is 1. The van der Waals surface area contributed by atoms with Crippen LogP contribution in [-0.2, 0) is 16.1 Å². The molecule has 1 aliphatic heterocycles. The lowest BCUT2D eigenvalue weighted by molar-refractivity contribution is -0.134. The van der Waals surface area contributed by atoms with E-state index in [4.69, 9.17) is 14.5 Å². The second kappa shape index (κ2) is 11.0. The third kappa shape index (κ3) is 5.60. The Labute approximate surface area is 211 Å². The van der Waals surface area contributed by atoms with Crippen molar-refractivity contribution in [1.29, 1.82) is 5.26 Å². The molecule has 2 fully saturated rings.